The number of thiophene rings is 1. The highest BCUT2D eigenvalue weighted by molar-refractivity contribution is 7.13. The van der Waals surface area contributed by atoms with Crippen molar-refractivity contribution < 1.29 is 14.6 Å². The summed E-state index contributed by atoms with van der Waals surface area (Å²) in [6.45, 7) is 18.2. The van der Waals surface area contributed by atoms with Crippen LogP contribution in [0.25, 0.3) is 27.9 Å². The Morgan fingerprint density at radius 1 is 0.979 bits per heavy atom. The predicted molar refractivity (Wildman–Crippen MR) is 188 cm³/mol. The lowest BCUT2D eigenvalue weighted by Gasteiger charge is -2.28. The fourth-order valence-corrected chi connectivity index (χ4v) is 6.00. The molecule has 7 nitrogen and oxygen atoms in total. The van der Waals surface area contributed by atoms with Crippen molar-refractivity contribution in [3.8, 4) is 11.8 Å². The molecule has 1 N–H and O–H groups in total. The molecule has 0 amide bonds. The molecule has 1 aliphatic rings. The number of nitriles is 1. The first-order valence-corrected chi connectivity index (χ1v) is 15.7. The molecule has 1 aromatic heterocycles. The Bertz CT molecular complexity index is 1970. The number of hydrogen-bond donors (Lipinski definition) is 1. The first-order chi connectivity index (χ1) is 22.9. The number of anilines is 1. The summed E-state index contributed by atoms with van der Waals surface area (Å²) in [5.41, 5.74) is 3.21. The van der Waals surface area contributed by atoms with E-state index in [1.807, 2.05) is 140 Å². The van der Waals surface area contributed by atoms with Gasteiger partial charge in [-0.25, -0.2) is 15.0 Å². The van der Waals surface area contributed by atoms with Gasteiger partial charge in [0.2, 0.25) is 5.70 Å². The van der Waals surface area contributed by atoms with Gasteiger partial charge in [0.1, 0.15) is 23.7 Å². The Hall–Kier alpha value is -5.85. The van der Waals surface area contributed by atoms with Gasteiger partial charge in [-0.05, 0) is 60.5 Å². The molecule has 8 heteroatoms. The number of likely N-dealkylation sites (N-methyl/N-ethyl adjacent to an activating group) is 1. The Morgan fingerprint density at radius 2 is 1.66 bits per heavy atom. The number of hydrogen-bond acceptors (Lipinski definition) is 6. The van der Waals surface area contributed by atoms with Crippen LogP contribution in [0, 0.1) is 24.5 Å². The van der Waals surface area contributed by atoms with E-state index in [2.05, 4.69) is 9.69 Å². The monoisotopic (exact) mass is 636 g/mol. The summed E-state index contributed by atoms with van der Waals surface area (Å²) in [7, 11) is 1.93. The van der Waals surface area contributed by atoms with Crippen molar-refractivity contribution in [2.24, 2.45) is 0 Å². The van der Waals surface area contributed by atoms with Crippen molar-refractivity contribution in [3.05, 3.63) is 169 Å². The van der Waals surface area contributed by atoms with Gasteiger partial charge in [0.05, 0.1) is 25.8 Å². The number of aliphatic hydroxyl groups is 1. The van der Waals surface area contributed by atoms with E-state index in [0.29, 0.717) is 18.7 Å². The third-order valence-electron chi connectivity index (χ3n) is 7.76. The molecule has 3 aromatic carbocycles. The molecule has 232 valence electrons. The zero-order chi connectivity index (χ0) is 33.2. The highest BCUT2D eigenvalue weighted by atomic mass is 32.1. The number of allylic oxidation sites excluding steroid dienone is 1. The maximum absolute atomic E-state index is 9.56. The molecule has 0 aliphatic carbocycles. The molecular weight excluding hydrogens is 605 g/mol. The number of ether oxygens (including phenoxy) is 2. The molecule has 4 aromatic rings. The highest BCUT2D eigenvalue weighted by Crippen LogP contribution is 2.48. The van der Waals surface area contributed by atoms with Crippen LogP contribution >= 0.6 is 11.3 Å². The van der Waals surface area contributed by atoms with Crippen LogP contribution in [0.5, 0.6) is 5.75 Å². The molecule has 0 saturated carbocycles. The molecule has 0 radical (unpaired) electrons. The van der Waals surface area contributed by atoms with Gasteiger partial charge in [0.15, 0.2) is 0 Å². The lowest BCUT2D eigenvalue weighted by atomic mass is 9.87. The number of nitrogens with zero attached hydrogens (tertiary/aromatic N) is 4. The first kappa shape index (κ1) is 32.5. The third kappa shape index (κ3) is 7.35. The van der Waals surface area contributed by atoms with Gasteiger partial charge < -0.3 is 19.5 Å². The second-order valence-corrected chi connectivity index (χ2v) is 12.0. The van der Waals surface area contributed by atoms with Gasteiger partial charge in [0, 0.05) is 46.2 Å². The Labute approximate surface area is 279 Å². The maximum Gasteiger partial charge on any atom is 0.292 e. The second kappa shape index (κ2) is 15.0. The van der Waals surface area contributed by atoms with Crippen molar-refractivity contribution in [3.63, 3.8) is 0 Å². The van der Waals surface area contributed by atoms with Crippen molar-refractivity contribution in [1.82, 2.24) is 0 Å². The maximum atomic E-state index is 9.56. The first-order valence-electron chi connectivity index (χ1n) is 14.9. The molecule has 0 fully saturated rings. The summed E-state index contributed by atoms with van der Waals surface area (Å²) in [5.74, 6) is 0.751. The Kier molecular flexibility index (Phi) is 10.4. The highest BCUT2D eigenvalue weighted by Gasteiger charge is 2.43. The minimum absolute atomic E-state index is 0.0113. The summed E-state index contributed by atoms with van der Waals surface area (Å²) < 4.78 is 12.5. The van der Waals surface area contributed by atoms with E-state index < -0.39 is 5.60 Å². The van der Waals surface area contributed by atoms with Crippen LogP contribution in [0.3, 0.4) is 0 Å². The number of rotatable bonds is 11. The van der Waals surface area contributed by atoms with E-state index in [0.717, 1.165) is 37.9 Å². The van der Waals surface area contributed by atoms with Crippen LogP contribution < -0.4 is 9.64 Å². The Balaban J connectivity index is 1.43. The Morgan fingerprint density at radius 3 is 2.30 bits per heavy atom. The molecule has 1 aliphatic heterocycles. The van der Waals surface area contributed by atoms with Gasteiger partial charge >= 0.3 is 0 Å². The quantitative estimate of drug-likeness (QED) is 0.132. The SMILES string of the molecule is [C-]#[N+]C1=C(/C=C/c2ccc(/C=C/c3ccc(N(C)CCO)cc3OCc3ccccc3)s2)C(C)(c2ccccc2)O/C1=C(\C#N)[N+]#[C-]. The zero-order valence-electron chi connectivity index (χ0n) is 26.1. The molecule has 1 unspecified atom stereocenters. The summed E-state index contributed by atoms with van der Waals surface area (Å²) in [4.78, 5) is 11.0. The van der Waals surface area contributed by atoms with E-state index in [4.69, 9.17) is 22.6 Å². The summed E-state index contributed by atoms with van der Waals surface area (Å²) in [6.07, 6.45) is 7.84. The smallest absolute Gasteiger partial charge is 0.292 e. The molecular formula is C39H32N4O3S. The summed E-state index contributed by atoms with van der Waals surface area (Å²) in [5, 5.41) is 19.0. The zero-order valence-corrected chi connectivity index (χ0v) is 26.9. The molecule has 47 heavy (non-hydrogen) atoms. The van der Waals surface area contributed by atoms with Crippen LogP contribution in [0.2, 0.25) is 0 Å². The molecule has 0 bridgehead atoms. The fourth-order valence-electron chi connectivity index (χ4n) is 5.18. The minimum Gasteiger partial charge on any atom is -0.500 e. The average Bonchev–Trinajstić information content (AvgIpc) is 3.68. The molecule has 5 rings (SSSR count). The van der Waals surface area contributed by atoms with E-state index in [-0.39, 0.29) is 23.8 Å². The van der Waals surface area contributed by atoms with Crippen LogP contribution in [-0.4, -0.2) is 25.3 Å². The lowest BCUT2D eigenvalue weighted by molar-refractivity contribution is 0.0753. The van der Waals surface area contributed by atoms with Gasteiger partial charge in [-0.2, -0.15) is 0 Å². The molecule has 2 heterocycles. The van der Waals surface area contributed by atoms with E-state index in [1.54, 1.807) is 11.3 Å². The summed E-state index contributed by atoms with van der Waals surface area (Å²) >= 11 is 1.58. The lowest BCUT2D eigenvalue weighted by Crippen LogP contribution is -2.23. The van der Waals surface area contributed by atoms with Crippen molar-refractivity contribution in [2.45, 2.75) is 19.1 Å². The van der Waals surface area contributed by atoms with Gasteiger partial charge in [-0.1, -0.05) is 66.7 Å². The fraction of sp³-hybridized carbons (Fsp3) is 0.154. The van der Waals surface area contributed by atoms with Gasteiger partial charge in [-0.3, -0.25) is 0 Å². The predicted octanol–water partition coefficient (Wildman–Crippen LogP) is 8.71. The van der Waals surface area contributed by atoms with Crippen LogP contribution in [0.4, 0.5) is 5.69 Å². The van der Waals surface area contributed by atoms with Crippen molar-refractivity contribution in [1.29, 1.82) is 5.26 Å². The van der Waals surface area contributed by atoms with Crippen molar-refractivity contribution >= 4 is 35.3 Å². The molecule has 0 saturated heterocycles. The largest absolute Gasteiger partial charge is 0.500 e. The minimum atomic E-state index is -1.05. The van der Waals surface area contributed by atoms with Gasteiger partial charge in [-0.15, -0.1) is 11.3 Å². The average molecular weight is 637 g/mol. The van der Waals surface area contributed by atoms with Crippen LogP contribution in [0.15, 0.2) is 120 Å². The van der Waals surface area contributed by atoms with E-state index in [9.17, 15) is 10.4 Å². The van der Waals surface area contributed by atoms with E-state index >= 15 is 0 Å². The van der Waals surface area contributed by atoms with Crippen LogP contribution in [0.1, 0.15) is 33.4 Å². The standard InChI is InChI=1S/C39H32N4O3S/c1-39(30-13-9-6-10-14-30)34(37(42-3)38(46-39)35(26-40)41-2)22-21-33-20-19-32(47-33)18-16-29-15-17-31(43(4)23-24-44)25-36(29)45-27-28-11-7-5-8-12-28/h5-22,25,44H,23-24,27H2,1,4H3/b18-16+,22-21+,38-35+. The summed E-state index contributed by atoms with van der Waals surface area (Å²) in [6, 6.07) is 31.4. The van der Waals surface area contributed by atoms with Crippen molar-refractivity contribution in [2.75, 3.05) is 25.1 Å². The number of aliphatic hydroxyl groups excluding tert-OH is 1. The van der Waals surface area contributed by atoms with Crippen LogP contribution in [-0.2, 0) is 16.9 Å². The topological polar surface area (TPSA) is 74.4 Å². The molecule has 0 spiro atoms. The van der Waals surface area contributed by atoms with E-state index in [1.165, 1.54) is 0 Å². The second-order valence-electron chi connectivity index (χ2n) is 10.8. The number of benzene rings is 3. The molecule has 1 atom stereocenters. The third-order valence-corrected chi connectivity index (χ3v) is 8.77. The normalized spacial score (nSPS) is 16.9. The van der Waals surface area contributed by atoms with Gasteiger partial charge in [0.25, 0.3) is 5.70 Å².